The third-order valence-corrected chi connectivity index (χ3v) is 4.61. The minimum atomic E-state index is -0.216. The number of ether oxygens (including phenoxy) is 1. The van der Waals surface area contributed by atoms with Gasteiger partial charge in [0.05, 0.1) is 12.5 Å². The maximum Gasteiger partial charge on any atom is 0.321 e. The number of piperidine rings is 1. The Labute approximate surface area is 159 Å². The largest absolute Gasteiger partial charge is 0.380 e. The Bertz CT molecular complexity index is 779. The number of carbonyl (C=O) groups excluding carboxylic acids is 2. The lowest BCUT2D eigenvalue weighted by Crippen LogP contribution is -2.45. The number of hydrogen-bond donors (Lipinski definition) is 2. The third-order valence-electron chi connectivity index (χ3n) is 4.61. The van der Waals surface area contributed by atoms with Gasteiger partial charge in [-0.3, -0.25) is 4.79 Å². The predicted molar refractivity (Wildman–Crippen MR) is 106 cm³/mol. The number of amides is 3. The average Bonchev–Trinajstić information content (AvgIpc) is 2.69. The van der Waals surface area contributed by atoms with Crippen LogP contribution in [0.2, 0.25) is 0 Å². The first kappa shape index (κ1) is 18.9. The van der Waals surface area contributed by atoms with Gasteiger partial charge in [-0.15, -0.1) is 0 Å². The molecule has 3 rings (SSSR count). The number of carbonyl (C=O) groups is 2. The normalized spacial score (nSPS) is 16.6. The summed E-state index contributed by atoms with van der Waals surface area (Å²) < 4.78 is 5.13. The minimum absolute atomic E-state index is 0.0539. The Kier molecular flexibility index (Phi) is 6.44. The van der Waals surface area contributed by atoms with Crippen LogP contribution in [-0.4, -0.2) is 37.0 Å². The molecule has 1 aliphatic rings. The van der Waals surface area contributed by atoms with E-state index in [1.807, 2.05) is 54.6 Å². The van der Waals surface area contributed by atoms with E-state index in [0.717, 1.165) is 29.8 Å². The quantitative estimate of drug-likeness (QED) is 0.846. The lowest BCUT2D eigenvalue weighted by atomic mass is 9.97. The number of para-hydroxylation sites is 1. The van der Waals surface area contributed by atoms with Gasteiger partial charge in [0.15, 0.2) is 0 Å². The van der Waals surface area contributed by atoms with Crippen molar-refractivity contribution in [3.63, 3.8) is 0 Å². The van der Waals surface area contributed by atoms with Gasteiger partial charge in [-0.25, -0.2) is 4.79 Å². The maximum absolute atomic E-state index is 12.7. The molecule has 1 saturated heterocycles. The number of nitrogens with zero attached hydrogens (tertiary/aromatic N) is 1. The monoisotopic (exact) mass is 367 g/mol. The molecular weight excluding hydrogens is 342 g/mol. The topological polar surface area (TPSA) is 70.7 Å². The number of nitrogens with one attached hydrogen (secondary N) is 2. The molecule has 1 fully saturated rings. The van der Waals surface area contributed by atoms with Gasteiger partial charge >= 0.3 is 6.03 Å². The zero-order valence-corrected chi connectivity index (χ0v) is 15.5. The van der Waals surface area contributed by atoms with Gasteiger partial charge in [0.2, 0.25) is 5.91 Å². The Morgan fingerprint density at radius 3 is 2.63 bits per heavy atom. The van der Waals surface area contributed by atoms with Gasteiger partial charge < -0.3 is 20.3 Å². The molecule has 1 heterocycles. The highest BCUT2D eigenvalue weighted by Crippen LogP contribution is 2.20. The predicted octanol–water partition coefficient (Wildman–Crippen LogP) is 3.72. The van der Waals surface area contributed by atoms with Crippen molar-refractivity contribution in [2.75, 3.05) is 30.8 Å². The highest BCUT2D eigenvalue weighted by molar-refractivity contribution is 5.94. The molecule has 2 aromatic carbocycles. The van der Waals surface area contributed by atoms with Crippen LogP contribution >= 0.6 is 0 Å². The molecule has 0 aromatic heterocycles. The maximum atomic E-state index is 12.7. The van der Waals surface area contributed by atoms with E-state index in [1.54, 1.807) is 12.0 Å². The highest BCUT2D eigenvalue weighted by atomic mass is 16.5. The van der Waals surface area contributed by atoms with Crippen molar-refractivity contribution in [2.45, 2.75) is 19.4 Å². The summed E-state index contributed by atoms with van der Waals surface area (Å²) >= 11 is 0. The van der Waals surface area contributed by atoms with Crippen molar-refractivity contribution in [1.82, 2.24) is 4.90 Å². The fraction of sp³-hybridized carbons (Fsp3) is 0.333. The second-order valence-electron chi connectivity index (χ2n) is 6.70. The number of rotatable bonds is 5. The first-order valence-corrected chi connectivity index (χ1v) is 9.15. The summed E-state index contributed by atoms with van der Waals surface area (Å²) in [5.74, 6) is -0.270. The number of methoxy groups -OCH3 is 1. The van der Waals surface area contributed by atoms with Gasteiger partial charge in [-0.05, 0) is 42.7 Å². The molecule has 0 radical (unpaired) electrons. The molecule has 142 valence electrons. The van der Waals surface area contributed by atoms with E-state index in [-0.39, 0.29) is 17.9 Å². The summed E-state index contributed by atoms with van der Waals surface area (Å²) in [6, 6.07) is 16.8. The molecule has 3 amide bonds. The van der Waals surface area contributed by atoms with Gasteiger partial charge in [-0.1, -0.05) is 30.3 Å². The lowest BCUT2D eigenvalue weighted by Gasteiger charge is -2.32. The SMILES string of the molecule is COCc1cccc(NC(=O)C2CCCN(C(=O)Nc3ccccc3)C2)c1. The van der Waals surface area contributed by atoms with Crippen molar-refractivity contribution in [3.05, 3.63) is 60.2 Å². The van der Waals surface area contributed by atoms with E-state index >= 15 is 0 Å². The van der Waals surface area contributed by atoms with Crippen LogP contribution in [0.15, 0.2) is 54.6 Å². The molecule has 1 unspecified atom stereocenters. The van der Waals surface area contributed by atoms with Crippen LogP contribution in [0.1, 0.15) is 18.4 Å². The molecule has 1 aliphatic heterocycles. The third kappa shape index (κ3) is 5.31. The number of likely N-dealkylation sites (tertiary alicyclic amines) is 1. The number of benzene rings is 2. The highest BCUT2D eigenvalue weighted by Gasteiger charge is 2.28. The van der Waals surface area contributed by atoms with Crippen molar-refractivity contribution in [1.29, 1.82) is 0 Å². The summed E-state index contributed by atoms with van der Waals surface area (Å²) in [5, 5.41) is 5.85. The Balaban J connectivity index is 1.57. The molecule has 27 heavy (non-hydrogen) atoms. The van der Waals surface area contributed by atoms with E-state index in [0.29, 0.717) is 19.7 Å². The van der Waals surface area contributed by atoms with Crippen molar-refractivity contribution in [3.8, 4) is 0 Å². The van der Waals surface area contributed by atoms with Crippen molar-refractivity contribution < 1.29 is 14.3 Å². The van der Waals surface area contributed by atoms with Crippen LogP contribution in [0.3, 0.4) is 0 Å². The number of anilines is 2. The molecule has 0 bridgehead atoms. The molecule has 0 spiro atoms. The average molecular weight is 367 g/mol. The van der Waals surface area contributed by atoms with E-state index in [2.05, 4.69) is 10.6 Å². The zero-order valence-electron chi connectivity index (χ0n) is 15.5. The summed E-state index contributed by atoms with van der Waals surface area (Å²) in [7, 11) is 1.64. The van der Waals surface area contributed by atoms with Crippen LogP contribution in [0, 0.1) is 5.92 Å². The van der Waals surface area contributed by atoms with Crippen molar-refractivity contribution >= 4 is 23.3 Å². The van der Waals surface area contributed by atoms with Gasteiger partial charge in [0.1, 0.15) is 0 Å². The molecule has 2 N–H and O–H groups in total. The van der Waals surface area contributed by atoms with Gasteiger partial charge in [0.25, 0.3) is 0 Å². The number of urea groups is 1. The first-order chi connectivity index (χ1) is 13.2. The van der Waals surface area contributed by atoms with E-state index in [1.165, 1.54) is 0 Å². The molecule has 0 saturated carbocycles. The van der Waals surface area contributed by atoms with Crippen LogP contribution in [0.5, 0.6) is 0 Å². The van der Waals surface area contributed by atoms with E-state index in [4.69, 9.17) is 4.74 Å². The summed E-state index contributed by atoms with van der Waals surface area (Å²) in [6.45, 7) is 1.58. The first-order valence-electron chi connectivity index (χ1n) is 9.15. The second-order valence-corrected chi connectivity index (χ2v) is 6.70. The Morgan fingerprint density at radius 1 is 1.07 bits per heavy atom. The van der Waals surface area contributed by atoms with Gasteiger partial charge in [-0.2, -0.15) is 0 Å². The molecule has 1 atom stereocenters. The minimum Gasteiger partial charge on any atom is -0.380 e. The summed E-state index contributed by atoms with van der Waals surface area (Å²) in [5.41, 5.74) is 2.51. The van der Waals surface area contributed by atoms with E-state index < -0.39 is 0 Å². The van der Waals surface area contributed by atoms with Gasteiger partial charge in [0, 0.05) is 31.6 Å². The zero-order chi connectivity index (χ0) is 19.1. The fourth-order valence-electron chi connectivity index (χ4n) is 3.25. The van der Waals surface area contributed by atoms with E-state index in [9.17, 15) is 9.59 Å². The lowest BCUT2D eigenvalue weighted by molar-refractivity contribution is -0.121. The molecule has 0 aliphatic carbocycles. The fourth-order valence-corrected chi connectivity index (χ4v) is 3.25. The summed E-state index contributed by atoms with van der Waals surface area (Å²) in [6.07, 6.45) is 1.59. The smallest absolute Gasteiger partial charge is 0.321 e. The molecular formula is C21H25N3O3. The Hall–Kier alpha value is -2.86. The molecule has 2 aromatic rings. The van der Waals surface area contributed by atoms with Crippen LogP contribution in [0.4, 0.5) is 16.2 Å². The second kappa shape index (κ2) is 9.19. The molecule has 6 nitrogen and oxygen atoms in total. The van der Waals surface area contributed by atoms with Crippen LogP contribution < -0.4 is 10.6 Å². The van der Waals surface area contributed by atoms with Crippen molar-refractivity contribution in [2.24, 2.45) is 5.92 Å². The summed E-state index contributed by atoms with van der Waals surface area (Å²) in [4.78, 5) is 26.9. The van der Waals surface area contributed by atoms with Crippen LogP contribution in [-0.2, 0) is 16.1 Å². The van der Waals surface area contributed by atoms with Crippen LogP contribution in [0.25, 0.3) is 0 Å². The molecule has 6 heteroatoms. The number of hydrogen-bond acceptors (Lipinski definition) is 3. The Morgan fingerprint density at radius 2 is 1.85 bits per heavy atom. The standard InChI is InChI=1S/C21H25N3O3/c1-27-15-16-7-5-11-19(13-16)22-20(25)17-8-6-12-24(14-17)21(26)23-18-9-3-2-4-10-18/h2-5,7,9-11,13,17H,6,8,12,14-15H2,1H3,(H,22,25)(H,23,26).